The van der Waals surface area contributed by atoms with Crippen LogP contribution in [0.15, 0.2) is 29.3 Å². The molecule has 1 atom stereocenters. The molecule has 126 valence electrons. The van der Waals surface area contributed by atoms with E-state index in [9.17, 15) is 0 Å². The molecule has 2 bridgehead atoms. The van der Waals surface area contributed by atoms with Crippen molar-refractivity contribution < 1.29 is 0 Å². The van der Waals surface area contributed by atoms with E-state index >= 15 is 0 Å². The minimum Gasteiger partial charge on any atom is -0.357 e. The summed E-state index contributed by atoms with van der Waals surface area (Å²) in [6, 6.07) is 9.07. The van der Waals surface area contributed by atoms with E-state index in [1.54, 1.807) is 0 Å². The van der Waals surface area contributed by atoms with Gasteiger partial charge in [0.2, 0.25) is 0 Å². The normalized spacial score (nSPS) is 27.0. The van der Waals surface area contributed by atoms with E-state index in [1.807, 2.05) is 0 Å². The summed E-state index contributed by atoms with van der Waals surface area (Å²) in [5, 5.41) is 6.90. The van der Waals surface area contributed by atoms with Crippen molar-refractivity contribution in [3.63, 3.8) is 0 Å². The number of piperazine rings is 3. The van der Waals surface area contributed by atoms with Crippen molar-refractivity contribution >= 4 is 5.96 Å². The Labute approximate surface area is 139 Å². The molecule has 3 fully saturated rings. The van der Waals surface area contributed by atoms with Crippen molar-refractivity contribution in [2.75, 3.05) is 45.8 Å². The topological polar surface area (TPSA) is 42.9 Å². The lowest BCUT2D eigenvalue weighted by Crippen LogP contribution is -2.63. The van der Waals surface area contributed by atoms with E-state index in [4.69, 9.17) is 4.99 Å². The number of nitrogens with one attached hydrogen (secondary N) is 2. The van der Waals surface area contributed by atoms with Gasteiger partial charge in [-0.1, -0.05) is 24.3 Å². The van der Waals surface area contributed by atoms with Gasteiger partial charge in [-0.05, 0) is 25.0 Å². The van der Waals surface area contributed by atoms with Crippen LogP contribution in [-0.4, -0.2) is 67.6 Å². The number of fused-ring (bicyclic) bond motifs is 3. The molecular formula is C18H29N5. The summed E-state index contributed by atoms with van der Waals surface area (Å²) in [4.78, 5) is 9.94. The highest BCUT2D eigenvalue weighted by molar-refractivity contribution is 5.79. The molecule has 23 heavy (non-hydrogen) atoms. The zero-order valence-corrected chi connectivity index (χ0v) is 14.4. The molecule has 3 aliphatic heterocycles. The summed E-state index contributed by atoms with van der Waals surface area (Å²) in [6.07, 6.45) is 0. The van der Waals surface area contributed by atoms with E-state index in [0.29, 0.717) is 6.04 Å². The number of aliphatic imine (C=N–C) groups is 1. The number of guanidine groups is 1. The number of rotatable bonds is 5. The second-order valence-electron chi connectivity index (χ2n) is 6.49. The maximum atomic E-state index is 4.75. The average Bonchev–Trinajstić information content (AvgIpc) is 2.60. The molecule has 0 aliphatic carbocycles. The van der Waals surface area contributed by atoms with Crippen LogP contribution in [0.25, 0.3) is 0 Å². The fourth-order valence-electron chi connectivity index (χ4n) is 3.43. The molecular weight excluding hydrogens is 286 g/mol. The van der Waals surface area contributed by atoms with Crippen LogP contribution in [0.1, 0.15) is 18.1 Å². The Morgan fingerprint density at radius 1 is 1.17 bits per heavy atom. The van der Waals surface area contributed by atoms with Gasteiger partial charge in [-0.25, -0.2) is 4.99 Å². The van der Waals surface area contributed by atoms with E-state index in [2.05, 4.69) is 58.5 Å². The van der Waals surface area contributed by atoms with Crippen LogP contribution >= 0.6 is 0 Å². The van der Waals surface area contributed by atoms with Crippen molar-refractivity contribution in [3.8, 4) is 0 Å². The maximum Gasteiger partial charge on any atom is 0.191 e. The lowest BCUT2D eigenvalue weighted by molar-refractivity contribution is 0.0154. The molecule has 1 aromatic rings. The van der Waals surface area contributed by atoms with Gasteiger partial charge in [0.1, 0.15) is 0 Å². The Kier molecular flexibility index (Phi) is 5.51. The van der Waals surface area contributed by atoms with Gasteiger partial charge in [0.15, 0.2) is 5.96 Å². The van der Waals surface area contributed by atoms with Gasteiger partial charge < -0.3 is 10.6 Å². The fourth-order valence-corrected chi connectivity index (χ4v) is 3.43. The third-order valence-corrected chi connectivity index (χ3v) is 4.91. The summed E-state index contributed by atoms with van der Waals surface area (Å²) in [6.45, 7) is 12.9. The summed E-state index contributed by atoms with van der Waals surface area (Å²) < 4.78 is 0. The minimum absolute atomic E-state index is 0.611. The Bertz CT molecular complexity index is 534. The van der Waals surface area contributed by atoms with Crippen LogP contribution in [-0.2, 0) is 6.54 Å². The molecule has 0 spiro atoms. The Morgan fingerprint density at radius 2 is 1.96 bits per heavy atom. The molecule has 5 heteroatoms. The van der Waals surface area contributed by atoms with Crippen LogP contribution in [0.3, 0.4) is 0 Å². The van der Waals surface area contributed by atoms with Gasteiger partial charge in [-0.15, -0.1) is 0 Å². The van der Waals surface area contributed by atoms with Crippen LogP contribution in [0, 0.1) is 6.92 Å². The predicted octanol–water partition coefficient (Wildman–Crippen LogP) is 1.05. The number of nitrogens with zero attached hydrogens (tertiary/aromatic N) is 3. The van der Waals surface area contributed by atoms with Crippen molar-refractivity contribution in [2.24, 2.45) is 4.99 Å². The van der Waals surface area contributed by atoms with Gasteiger partial charge in [-0.3, -0.25) is 9.80 Å². The average molecular weight is 315 g/mol. The lowest BCUT2D eigenvalue weighted by Gasteiger charge is -2.47. The number of benzene rings is 1. The number of hydrogen-bond donors (Lipinski definition) is 2. The van der Waals surface area contributed by atoms with Gasteiger partial charge in [0.05, 0.1) is 6.54 Å². The van der Waals surface area contributed by atoms with Gasteiger partial charge in [-0.2, -0.15) is 0 Å². The molecule has 0 aromatic heterocycles. The van der Waals surface area contributed by atoms with Gasteiger partial charge in [0.25, 0.3) is 0 Å². The smallest absolute Gasteiger partial charge is 0.191 e. The van der Waals surface area contributed by atoms with Crippen LogP contribution in [0.4, 0.5) is 0 Å². The van der Waals surface area contributed by atoms with E-state index in [0.717, 1.165) is 25.6 Å². The van der Waals surface area contributed by atoms with Crippen LogP contribution < -0.4 is 10.6 Å². The van der Waals surface area contributed by atoms with Crippen molar-refractivity contribution in [1.82, 2.24) is 20.4 Å². The quantitative estimate of drug-likeness (QED) is 0.630. The standard InChI is InChI=1S/C18H29N5/c1-3-19-18(20-12-16-7-5-4-6-15(16)2)21-13-17-14-22-8-10-23(17)11-9-22/h4-7,17H,3,8-14H2,1-2H3,(H2,19,20,21). The second-order valence-corrected chi connectivity index (χ2v) is 6.49. The monoisotopic (exact) mass is 315 g/mol. The highest BCUT2D eigenvalue weighted by atomic mass is 15.4. The molecule has 3 heterocycles. The molecule has 3 aliphatic rings. The lowest BCUT2D eigenvalue weighted by atomic mass is 10.1. The zero-order chi connectivity index (χ0) is 16.1. The molecule has 0 saturated carbocycles. The maximum absolute atomic E-state index is 4.75. The zero-order valence-electron chi connectivity index (χ0n) is 14.4. The number of aryl methyl sites for hydroxylation is 1. The third kappa shape index (κ3) is 4.24. The minimum atomic E-state index is 0.611. The molecule has 5 nitrogen and oxygen atoms in total. The third-order valence-electron chi connectivity index (χ3n) is 4.91. The van der Waals surface area contributed by atoms with Gasteiger partial charge >= 0.3 is 0 Å². The highest BCUT2D eigenvalue weighted by Crippen LogP contribution is 2.14. The second kappa shape index (κ2) is 7.79. The first kappa shape index (κ1) is 16.3. The summed E-state index contributed by atoms with van der Waals surface area (Å²) >= 11 is 0. The van der Waals surface area contributed by atoms with Crippen LogP contribution in [0.2, 0.25) is 0 Å². The Morgan fingerprint density at radius 3 is 2.61 bits per heavy atom. The predicted molar refractivity (Wildman–Crippen MR) is 95.8 cm³/mol. The number of hydrogen-bond acceptors (Lipinski definition) is 3. The molecule has 4 rings (SSSR count). The fraction of sp³-hybridized carbons (Fsp3) is 0.611. The SMILES string of the molecule is CCNC(=NCc1ccccc1C)NCC1CN2CCN1CC2. The van der Waals surface area contributed by atoms with Crippen molar-refractivity contribution in [1.29, 1.82) is 0 Å². The highest BCUT2D eigenvalue weighted by Gasteiger charge is 2.31. The summed E-state index contributed by atoms with van der Waals surface area (Å²) in [5.74, 6) is 0.924. The largest absolute Gasteiger partial charge is 0.357 e. The molecule has 2 N–H and O–H groups in total. The molecule has 3 saturated heterocycles. The molecule has 0 amide bonds. The molecule has 1 aromatic carbocycles. The molecule has 1 unspecified atom stereocenters. The van der Waals surface area contributed by atoms with Gasteiger partial charge in [0, 0.05) is 51.9 Å². The Hall–Kier alpha value is -1.59. The van der Waals surface area contributed by atoms with Crippen molar-refractivity contribution in [3.05, 3.63) is 35.4 Å². The van der Waals surface area contributed by atoms with E-state index < -0.39 is 0 Å². The van der Waals surface area contributed by atoms with Crippen molar-refractivity contribution in [2.45, 2.75) is 26.4 Å². The first-order valence-electron chi connectivity index (χ1n) is 8.79. The summed E-state index contributed by atoms with van der Waals surface area (Å²) in [7, 11) is 0. The first-order valence-corrected chi connectivity index (χ1v) is 8.79. The molecule has 0 radical (unpaired) electrons. The first-order chi connectivity index (χ1) is 11.3. The van der Waals surface area contributed by atoms with E-state index in [-0.39, 0.29) is 0 Å². The Balaban J connectivity index is 1.56. The van der Waals surface area contributed by atoms with Crippen LogP contribution in [0.5, 0.6) is 0 Å². The summed E-state index contributed by atoms with van der Waals surface area (Å²) in [5.41, 5.74) is 2.59. The van der Waals surface area contributed by atoms with E-state index in [1.165, 1.54) is 43.9 Å².